The van der Waals surface area contributed by atoms with Gasteiger partial charge in [0, 0.05) is 30.7 Å². The number of carbonyl (C=O) groups is 1. The summed E-state index contributed by atoms with van der Waals surface area (Å²) in [6.45, 7) is 1.25. The third-order valence-corrected chi connectivity index (χ3v) is 3.65. The van der Waals surface area contributed by atoms with Gasteiger partial charge in [0.1, 0.15) is 17.9 Å². The van der Waals surface area contributed by atoms with Crippen LogP contribution in [-0.2, 0) is 0 Å². The van der Waals surface area contributed by atoms with Crippen molar-refractivity contribution in [2.75, 3.05) is 13.2 Å². The van der Waals surface area contributed by atoms with Crippen molar-refractivity contribution in [2.45, 2.75) is 12.8 Å². The Hall–Kier alpha value is -3.15. The molecule has 6 heteroatoms. The summed E-state index contributed by atoms with van der Waals surface area (Å²) < 4.78 is 7.39. The zero-order chi connectivity index (χ0) is 17.3. The van der Waals surface area contributed by atoms with Gasteiger partial charge in [-0.25, -0.2) is 9.97 Å². The van der Waals surface area contributed by atoms with E-state index in [2.05, 4.69) is 15.3 Å². The molecule has 0 spiro atoms. The van der Waals surface area contributed by atoms with Gasteiger partial charge in [0.15, 0.2) is 0 Å². The SMILES string of the molecule is O=C(NCCCCOc1ccccc1)c1ccnc(-n2ccnc2)c1. The summed E-state index contributed by atoms with van der Waals surface area (Å²) >= 11 is 0. The van der Waals surface area contributed by atoms with Crippen LogP contribution in [0.25, 0.3) is 5.82 Å². The molecule has 1 amide bonds. The number of carbonyl (C=O) groups excluding carboxylic acids is 1. The Labute approximate surface area is 146 Å². The molecule has 0 aliphatic heterocycles. The summed E-state index contributed by atoms with van der Waals surface area (Å²) in [5, 5.41) is 2.92. The molecule has 0 bridgehead atoms. The highest BCUT2D eigenvalue weighted by Gasteiger charge is 2.07. The van der Waals surface area contributed by atoms with Gasteiger partial charge in [-0.05, 0) is 37.1 Å². The van der Waals surface area contributed by atoms with Gasteiger partial charge in [-0.2, -0.15) is 0 Å². The largest absolute Gasteiger partial charge is 0.494 e. The van der Waals surface area contributed by atoms with Crippen molar-refractivity contribution in [2.24, 2.45) is 0 Å². The minimum atomic E-state index is -0.104. The number of amides is 1. The van der Waals surface area contributed by atoms with E-state index in [1.165, 1.54) is 0 Å². The maximum atomic E-state index is 12.2. The predicted octanol–water partition coefficient (Wildman–Crippen LogP) is 2.86. The zero-order valence-electron chi connectivity index (χ0n) is 13.8. The van der Waals surface area contributed by atoms with Crippen LogP contribution in [0.2, 0.25) is 0 Å². The highest BCUT2D eigenvalue weighted by atomic mass is 16.5. The monoisotopic (exact) mass is 336 g/mol. The average Bonchev–Trinajstić information content (AvgIpc) is 3.20. The van der Waals surface area contributed by atoms with Crippen LogP contribution in [0.1, 0.15) is 23.2 Å². The molecule has 0 saturated carbocycles. The highest BCUT2D eigenvalue weighted by molar-refractivity contribution is 5.94. The lowest BCUT2D eigenvalue weighted by Gasteiger charge is -2.08. The summed E-state index contributed by atoms with van der Waals surface area (Å²) in [5.41, 5.74) is 0.583. The maximum absolute atomic E-state index is 12.2. The number of benzene rings is 1. The number of pyridine rings is 1. The molecule has 0 saturated heterocycles. The lowest BCUT2D eigenvalue weighted by atomic mass is 10.2. The molecule has 1 aromatic carbocycles. The molecule has 3 rings (SSSR count). The number of para-hydroxylation sites is 1. The average molecular weight is 336 g/mol. The molecular weight excluding hydrogens is 316 g/mol. The lowest BCUT2D eigenvalue weighted by molar-refractivity contribution is 0.0952. The molecule has 0 fully saturated rings. The first-order valence-corrected chi connectivity index (χ1v) is 8.23. The third-order valence-electron chi connectivity index (χ3n) is 3.65. The van der Waals surface area contributed by atoms with E-state index in [9.17, 15) is 4.79 Å². The van der Waals surface area contributed by atoms with Crippen molar-refractivity contribution in [3.8, 4) is 11.6 Å². The molecule has 0 unspecified atom stereocenters. The zero-order valence-corrected chi connectivity index (χ0v) is 13.8. The van der Waals surface area contributed by atoms with Crippen molar-refractivity contribution in [3.05, 3.63) is 72.9 Å². The molecule has 0 radical (unpaired) electrons. The van der Waals surface area contributed by atoms with Crippen molar-refractivity contribution < 1.29 is 9.53 Å². The first-order valence-electron chi connectivity index (χ1n) is 8.23. The summed E-state index contributed by atoms with van der Waals surface area (Å²) in [4.78, 5) is 20.4. The number of hydrogen-bond donors (Lipinski definition) is 1. The Balaban J connectivity index is 1.40. The molecule has 3 aromatic rings. The smallest absolute Gasteiger partial charge is 0.251 e. The molecule has 0 aliphatic rings. The summed E-state index contributed by atoms with van der Waals surface area (Å²) in [6.07, 6.45) is 8.47. The first-order chi connectivity index (χ1) is 12.3. The summed E-state index contributed by atoms with van der Waals surface area (Å²) in [7, 11) is 0. The fourth-order valence-electron chi connectivity index (χ4n) is 2.33. The number of nitrogens with zero attached hydrogens (tertiary/aromatic N) is 3. The topological polar surface area (TPSA) is 69.0 Å². The van der Waals surface area contributed by atoms with Gasteiger partial charge >= 0.3 is 0 Å². The number of unbranched alkanes of at least 4 members (excludes halogenated alkanes) is 1. The number of aromatic nitrogens is 3. The van der Waals surface area contributed by atoms with Gasteiger partial charge in [-0.15, -0.1) is 0 Å². The molecule has 2 aromatic heterocycles. The Kier molecular flexibility index (Phi) is 5.77. The molecule has 1 N–H and O–H groups in total. The molecule has 6 nitrogen and oxygen atoms in total. The Morgan fingerprint density at radius 2 is 2.00 bits per heavy atom. The summed E-state index contributed by atoms with van der Waals surface area (Å²) in [5.74, 6) is 1.43. The van der Waals surface area contributed by atoms with Crippen LogP contribution >= 0.6 is 0 Å². The van der Waals surface area contributed by atoms with Crippen LogP contribution in [0.3, 0.4) is 0 Å². The second-order valence-electron chi connectivity index (χ2n) is 5.50. The summed E-state index contributed by atoms with van der Waals surface area (Å²) in [6, 6.07) is 13.2. The fraction of sp³-hybridized carbons (Fsp3) is 0.211. The molecular formula is C19H20N4O2. The Morgan fingerprint density at radius 3 is 2.80 bits per heavy atom. The number of ether oxygens (including phenoxy) is 1. The predicted molar refractivity (Wildman–Crippen MR) is 94.9 cm³/mol. The second kappa shape index (κ2) is 8.63. The van der Waals surface area contributed by atoms with E-state index in [1.807, 2.05) is 30.3 Å². The first kappa shape index (κ1) is 16.7. The van der Waals surface area contributed by atoms with E-state index in [1.54, 1.807) is 41.6 Å². The van der Waals surface area contributed by atoms with Gasteiger partial charge < -0.3 is 10.1 Å². The minimum absolute atomic E-state index is 0.104. The van der Waals surface area contributed by atoms with E-state index in [-0.39, 0.29) is 5.91 Å². The number of rotatable bonds is 8. The van der Waals surface area contributed by atoms with Crippen LogP contribution < -0.4 is 10.1 Å². The highest BCUT2D eigenvalue weighted by Crippen LogP contribution is 2.09. The van der Waals surface area contributed by atoms with Crippen LogP contribution in [-0.4, -0.2) is 33.6 Å². The van der Waals surface area contributed by atoms with Crippen LogP contribution in [0.15, 0.2) is 67.4 Å². The van der Waals surface area contributed by atoms with Gasteiger partial charge in [-0.3, -0.25) is 9.36 Å². The number of hydrogen-bond acceptors (Lipinski definition) is 4. The Morgan fingerprint density at radius 1 is 1.12 bits per heavy atom. The van der Waals surface area contributed by atoms with Gasteiger partial charge in [0.05, 0.1) is 6.61 Å². The second-order valence-corrected chi connectivity index (χ2v) is 5.50. The molecule has 0 atom stereocenters. The molecule has 2 heterocycles. The van der Waals surface area contributed by atoms with E-state index in [0.717, 1.165) is 18.6 Å². The number of imidazole rings is 1. The number of nitrogens with one attached hydrogen (secondary N) is 1. The van der Waals surface area contributed by atoms with Gasteiger partial charge in [0.2, 0.25) is 0 Å². The normalized spacial score (nSPS) is 10.4. The van der Waals surface area contributed by atoms with Gasteiger partial charge in [0.25, 0.3) is 5.91 Å². The van der Waals surface area contributed by atoms with Crippen LogP contribution in [0.4, 0.5) is 0 Å². The Bertz CT molecular complexity index is 788. The van der Waals surface area contributed by atoms with Crippen LogP contribution in [0.5, 0.6) is 5.75 Å². The van der Waals surface area contributed by atoms with Crippen LogP contribution in [0, 0.1) is 0 Å². The van der Waals surface area contributed by atoms with Crippen molar-refractivity contribution in [1.29, 1.82) is 0 Å². The molecule has 25 heavy (non-hydrogen) atoms. The fourth-order valence-corrected chi connectivity index (χ4v) is 2.33. The third kappa shape index (κ3) is 4.91. The van der Waals surface area contributed by atoms with Crippen molar-refractivity contribution in [3.63, 3.8) is 0 Å². The maximum Gasteiger partial charge on any atom is 0.251 e. The molecule has 128 valence electrons. The quantitative estimate of drug-likeness (QED) is 0.642. The minimum Gasteiger partial charge on any atom is -0.494 e. The standard InChI is InChI=1S/C19H20N4O2/c24-19(16-8-10-21-18(14-16)23-12-11-20-15-23)22-9-4-5-13-25-17-6-2-1-3-7-17/h1-3,6-8,10-12,14-15H,4-5,9,13H2,(H,22,24). The van der Waals surface area contributed by atoms with Gasteiger partial charge in [-0.1, -0.05) is 18.2 Å². The van der Waals surface area contributed by atoms with E-state index < -0.39 is 0 Å². The van der Waals surface area contributed by atoms with E-state index in [4.69, 9.17) is 4.74 Å². The van der Waals surface area contributed by atoms with E-state index in [0.29, 0.717) is 24.5 Å². The van der Waals surface area contributed by atoms with Crippen molar-refractivity contribution >= 4 is 5.91 Å². The van der Waals surface area contributed by atoms with E-state index >= 15 is 0 Å². The molecule has 0 aliphatic carbocycles. The van der Waals surface area contributed by atoms with Crippen molar-refractivity contribution in [1.82, 2.24) is 19.9 Å². The lowest BCUT2D eigenvalue weighted by Crippen LogP contribution is -2.25.